The van der Waals surface area contributed by atoms with E-state index in [-0.39, 0.29) is 11.1 Å². The van der Waals surface area contributed by atoms with Crippen LogP contribution in [-0.2, 0) is 11.3 Å². The SMILES string of the molecule is CCOc1ccc(-c2ccc(F)c(F)c2F)c(CN2CCC3(CC2)CN(c2ccc(C(=O)O)c(C)c2)C(=O)O3)c1. The van der Waals surface area contributed by atoms with Crippen LogP contribution in [0.5, 0.6) is 5.75 Å². The molecule has 210 valence electrons. The van der Waals surface area contributed by atoms with Crippen molar-refractivity contribution in [3.05, 3.63) is 82.7 Å². The van der Waals surface area contributed by atoms with Gasteiger partial charge >= 0.3 is 12.1 Å². The number of piperidine rings is 1. The summed E-state index contributed by atoms with van der Waals surface area (Å²) < 4.78 is 53.8. The van der Waals surface area contributed by atoms with Gasteiger partial charge in [-0.3, -0.25) is 9.80 Å². The van der Waals surface area contributed by atoms with E-state index >= 15 is 0 Å². The first kappa shape index (κ1) is 27.5. The molecular weight excluding hydrogens is 525 g/mol. The van der Waals surface area contributed by atoms with E-state index in [0.29, 0.717) is 73.8 Å². The van der Waals surface area contributed by atoms with Crippen LogP contribution in [0.1, 0.15) is 41.3 Å². The normalized spacial score (nSPS) is 16.8. The highest BCUT2D eigenvalue weighted by atomic mass is 19.2. The number of likely N-dealkylation sites (tertiary alicyclic amines) is 1. The molecule has 2 heterocycles. The van der Waals surface area contributed by atoms with Gasteiger partial charge in [0, 0.05) is 43.7 Å². The molecule has 3 aromatic rings. The summed E-state index contributed by atoms with van der Waals surface area (Å²) in [5.74, 6) is -4.45. The first-order valence-electron chi connectivity index (χ1n) is 13.1. The molecule has 1 amide bonds. The van der Waals surface area contributed by atoms with Crippen molar-refractivity contribution in [3.63, 3.8) is 0 Å². The largest absolute Gasteiger partial charge is 0.494 e. The van der Waals surface area contributed by atoms with Gasteiger partial charge in [-0.2, -0.15) is 0 Å². The third-order valence-electron chi connectivity index (χ3n) is 7.60. The number of ether oxygens (including phenoxy) is 2. The third kappa shape index (κ3) is 5.23. The summed E-state index contributed by atoms with van der Waals surface area (Å²) in [5, 5.41) is 9.30. The second-order valence-corrected chi connectivity index (χ2v) is 10.2. The van der Waals surface area contributed by atoms with Gasteiger partial charge in [0.05, 0.1) is 18.7 Å². The number of amides is 1. The zero-order valence-electron chi connectivity index (χ0n) is 22.2. The van der Waals surface area contributed by atoms with Gasteiger partial charge in [-0.25, -0.2) is 22.8 Å². The molecule has 0 bridgehead atoms. The second-order valence-electron chi connectivity index (χ2n) is 10.2. The van der Waals surface area contributed by atoms with Gasteiger partial charge in [0.15, 0.2) is 17.5 Å². The number of hydrogen-bond donors (Lipinski definition) is 1. The number of anilines is 1. The lowest BCUT2D eigenvalue weighted by atomic mass is 9.90. The molecule has 1 spiro atoms. The Morgan fingerprint density at radius 1 is 1.02 bits per heavy atom. The summed E-state index contributed by atoms with van der Waals surface area (Å²) in [6.45, 7) is 5.87. The fraction of sp³-hybridized carbons (Fsp3) is 0.333. The van der Waals surface area contributed by atoms with Crippen molar-refractivity contribution in [1.29, 1.82) is 0 Å². The van der Waals surface area contributed by atoms with E-state index in [4.69, 9.17) is 9.47 Å². The zero-order chi connectivity index (χ0) is 28.6. The van der Waals surface area contributed by atoms with Gasteiger partial charge in [0.2, 0.25) is 0 Å². The number of carboxylic acids is 1. The molecule has 2 aliphatic rings. The molecule has 0 unspecified atom stereocenters. The van der Waals surface area contributed by atoms with E-state index in [1.807, 2.05) is 6.92 Å². The minimum atomic E-state index is -1.52. The molecule has 40 heavy (non-hydrogen) atoms. The molecule has 0 aromatic heterocycles. The summed E-state index contributed by atoms with van der Waals surface area (Å²) in [7, 11) is 0. The standard InChI is InChI=1S/C30H29F3N2O5/c1-3-39-21-5-7-23(24-8-9-25(31)27(33)26(24)32)19(15-21)16-34-12-10-30(11-13-34)17-35(29(38)40-30)20-4-6-22(28(36)37)18(2)14-20/h4-9,14-15H,3,10-13,16-17H2,1-2H3,(H,36,37). The van der Waals surface area contributed by atoms with Gasteiger partial charge in [-0.15, -0.1) is 0 Å². The Bertz CT molecular complexity index is 1470. The number of hydrogen-bond acceptors (Lipinski definition) is 5. The fourth-order valence-electron chi connectivity index (χ4n) is 5.45. The van der Waals surface area contributed by atoms with Gasteiger partial charge in [-0.05, 0) is 73.0 Å². The number of halogens is 3. The molecule has 2 saturated heterocycles. The lowest BCUT2D eigenvalue weighted by Gasteiger charge is -2.37. The Morgan fingerprint density at radius 3 is 2.42 bits per heavy atom. The molecule has 5 rings (SSSR count). The van der Waals surface area contributed by atoms with Crippen LogP contribution in [0.4, 0.5) is 23.7 Å². The molecule has 0 radical (unpaired) electrons. The maximum Gasteiger partial charge on any atom is 0.415 e. The van der Waals surface area contributed by atoms with Gasteiger partial charge in [0.25, 0.3) is 0 Å². The number of carbonyl (C=O) groups excluding carboxylic acids is 1. The fourth-order valence-corrected chi connectivity index (χ4v) is 5.45. The van der Waals surface area contributed by atoms with Gasteiger partial charge in [0.1, 0.15) is 11.4 Å². The Morgan fingerprint density at radius 2 is 1.75 bits per heavy atom. The molecular formula is C30H29F3N2O5. The first-order chi connectivity index (χ1) is 19.1. The topological polar surface area (TPSA) is 79.3 Å². The Hall–Kier alpha value is -4.05. The van der Waals surface area contributed by atoms with E-state index < -0.39 is 35.1 Å². The van der Waals surface area contributed by atoms with Crippen molar-refractivity contribution < 1.29 is 37.3 Å². The van der Waals surface area contributed by atoms with Crippen LogP contribution < -0.4 is 9.64 Å². The number of nitrogens with zero attached hydrogens (tertiary/aromatic N) is 2. The van der Waals surface area contributed by atoms with Crippen molar-refractivity contribution in [2.75, 3.05) is 31.1 Å². The van der Waals surface area contributed by atoms with E-state index in [1.165, 1.54) is 17.0 Å². The van der Waals surface area contributed by atoms with E-state index in [2.05, 4.69) is 4.90 Å². The highest BCUT2D eigenvalue weighted by molar-refractivity contribution is 5.93. The average Bonchev–Trinajstić information content (AvgIpc) is 3.25. The quantitative estimate of drug-likeness (QED) is 0.352. The number of aromatic carboxylic acids is 1. The van der Waals surface area contributed by atoms with Crippen LogP contribution in [0.3, 0.4) is 0 Å². The van der Waals surface area contributed by atoms with Gasteiger partial charge < -0.3 is 14.6 Å². The maximum atomic E-state index is 14.7. The monoisotopic (exact) mass is 554 g/mol. The minimum Gasteiger partial charge on any atom is -0.494 e. The number of carbonyl (C=O) groups is 2. The smallest absolute Gasteiger partial charge is 0.415 e. The van der Waals surface area contributed by atoms with Crippen molar-refractivity contribution >= 4 is 17.7 Å². The molecule has 2 fully saturated rings. The van der Waals surface area contributed by atoms with Crippen molar-refractivity contribution in [1.82, 2.24) is 4.90 Å². The lowest BCUT2D eigenvalue weighted by molar-refractivity contribution is -0.000960. The molecule has 0 aliphatic carbocycles. The molecule has 2 aliphatic heterocycles. The number of rotatable bonds is 7. The predicted molar refractivity (Wildman–Crippen MR) is 142 cm³/mol. The Kier molecular flexibility index (Phi) is 7.46. The summed E-state index contributed by atoms with van der Waals surface area (Å²) in [4.78, 5) is 27.8. The molecule has 1 N–H and O–H groups in total. The van der Waals surface area contributed by atoms with Crippen molar-refractivity contribution in [2.45, 2.75) is 38.8 Å². The Balaban J connectivity index is 1.32. The first-order valence-corrected chi connectivity index (χ1v) is 13.1. The summed E-state index contributed by atoms with van der Waals surface area (Å²) >= 11 is 0. The molecule has 0 saturated carbocycles. The summed E-state index contributed by atoms with van der Waals surface area (Å²) in [5.41, 5.74) is 1.73. The number of aryl methyl sites for hydroxylation is 1. The second kappa shape index (κ2) is 10.8. The van der Waals surface area contributed by atoms with Crippen LogP contribution >= 0.6 is 0 Å². The predicted octanol–water partition coefficient (Wildman–Crippen LogP) is 6.17. The molecule has 7 nitrogen and oxygen atoms in total. The van der Waals surface area contributed by atoms with Crippen LogP contribution in [0.15, 0.2) is 48.5 Å². The maximum absolute atomic E-state index is 14.7. The zero-order valence-corrected chi connectivity index (χ0v) is 22.2. The van der Waals surface area contributed by atoms with E-state index in [9.17, 15) is 27.9 Å². The summed E-state index contributed by atoms with van der Waals surface area (Å²) in [6, 6.07) is 12.0. The minimum absolute atomic E-state index is 0.0324. The van der Waals surface area contributed by atoms with Crippen LogP contribution in [-0.4, -0.2) is 53.9 Å². The van der Waals surface area contributed by atoms with Crippen molar-refractivity contribution in [2.24, 2.45) is 0 Å². The van der Waals surface area contributed by atoms with E-state index in [1.54, 1.807) is 37.3 Å². The number of benzene rings is 3. The lowest BCUT2D eigenvalue weighted by Crippen LogP contribution is -2.46. The highest BCUT2D eigenvalue weighted by Crippen LogP contribution is 2.38. The molecule has 3 aromatic carbocycles. The highest BCUT2D eigenvalue weighted by Gasteiger charge is 2.47. The summed E-state index contributed by atoms with van der Waals surface area (Å²) in [6.07, 6.45) is 0.638. The Labute approximate surface area is 229 Å². The van der Waals surface area contributed by atoms with E-state index in [0.717, 1.165) is 6.07 Å². The molecule has 10 heteroatoms. The molecule has 0 atom stereocenters. The third-order valence-corrected chi connectivity index (χ3v) is 7.60. The van der Waals surface area contributed by atoms with Crippen LogP contribution in [0.25, 0.3) is 11.1 Å². The van der Waals surface area contributed by atoms with Crippen LogP contribution in [0, 0.1) is 24.4 Å². The van der Waals surface area contributed by atoms with Crippen LogP contribution in [0.2, 0.25) is 0 Å². The average molecular weight is 555 g/mol. The van der Waals surface area contributed by atoms with Gasteiger partial charge in [-0.1, -0.05) is 6.07 Å². The van der Waals surface area contributed by atoms with Crippen molar-refractivity contribution in [3.8, 4) is 16.9 Å². The number of carboxylic acid groups (broad SMARTS) is 1.